The number of carbonyl (C=O) groups is 1. The molecule has 1 amide bonds. The van der Waals surface area contributed by atoms with Crippen molar-refractivity contribution in [2.45, 2.75) is 32.7 Å². The van der Waals surface area contributed by atoms with E-state index in [9.17, 15) is 4.79 Å². The molecule has 88 valence electrons. The number of rotatable bonds is 6. The smallest absolute Gasteiger partial charge is 0.234 e. The molecule has 4 heteroatoms. The molecule has 0 aromatic heterocycles. The molecule has 0 bridgehead atoms. The lowest BCUT2D eigenvalue weighted by atomic mass is 10.0. The van der Waals surface area contributed by atoms with Crippen LogP contribution in [0.3, 0.4) is 0 Å². The third kappa shape index (κ3) is 4.62. The van der Waals surface area contributed by atoms with Crippen molar-refractivity contribution < 1.29 is 9.53 Å². The van der Waals surface area contributed by atoms with Gasteiger partial charge in [0.2, 0.25) is 5.91 Å². The van der Waals surface area contributed by atoms with Crippen LogP contribution in [-0.4, -0.2) is 38.3 Å². The zero-order chi connectivity index (χ0) is 11.1. The molecule has 0 saturated carbocycles. The van der Waals surface area contributed by atoms with Crippen LogP contribution in [0.2, 0.25) is 0 Å². The maximum Gasteiger partial charge on any atom is 0.234 e. The van der Waals surface area contributed by atoms with Crippen LogP contribution < -0.4 is 10.6 Å². The first-order chi connectivity index (χ1) is 7.24. The zero-order valence-electron chi connectivity index (χ0n) is 9.71. The topological polar surface area (TPSA) is 50.4 Å². The normalized spacial score (nSPS) is 22.7. The third-order valence-electron chi connectivity index (χ3n) is 2.77. The Morgan fingerprint density at radius 1 is 1.60 bits per heavy atom. The Hall–Kier alpha value is -0.610. The summed E-state index contributed by atoms with van der Waals surface area (Å²) >= 11 is 0. The predicted molar refractivity (Wildman–Crippen MR) is 59.7 cm³/mol. The number of carbonyl (C=O) groups excluding carboxylic acids is 1. The Balaban J connectivity index is 2.13. The van der Waals surface area contributed by atoms with Crippen molar-refractivity contribution in [2.75, 3.05) is 26.3 Å². The lowest BCUT2D eigenvalue weighted by Gasteiger charge is -2.19. The Morgan fingerprint density at radius 2 is 2.40 bits per heavy atom. The summed E-state index contributed by atoms with van der Waals surface area (Å²) in [5.41, 5.74) is 0. The maximum absolute atomic E-state index is 11.5. The van der Waals surface area contributed by atoms with Crippen LogP contribution in [0.5, 0.6) is 0 Å². The van der Waals surface area contributed by atoms with Gasteiger partial charge in [-0.05, 0) is 26.3 Å². The summed E-state index contributed by atoms with van der Waals surface area (Å²) in [6.45, 7) is 7.07. The highest BCUT2D eigenvalue weighted by atomic mass is 16.5. The van der Waals surface area contributed by atoms with Gasteiger partial charge in [-0.1, -0.05) is 6.92 Å². The molecule has 0 aromatic rings. The Morgan fingerprint density at radius 3 is 3.00 bits per heavy atom. The number of ether oxygens (including phenoxy) is 1. The van der Waals surface area contributed by atoms with E-state index in [4.69, 9.17) is 4.74 Å². The fraction of sp³-hybridized carbons (Fsp3) is 0.909. The molecule has 1 rings (SSSR count). The van der Waals surface area contributed by atoms with E-state index >= 15 is 0 Å². The summed E-state index contributed by atoms with van der Waals surface area (Å²) in [6, 6.07) is 0.225. The monoisotopic (exact) mass is 214 g/mol. The summed E-state index contributed by atoms with van der Waals surface area (Å²) in [5.74, 6) is 0.572. The number of hydrogen-bond acceptors (Lipinski definition) is 3. The van der Waals surface area contributed by atoms with Crippen molar-refractivity contribution in [3.63, 3.8) is 0 Å². The average Bonchev–Trinajstić information content (AvgIpc) is 2.70. The largest absolute Gasteiger partial charge is 0.381 e. The van der Waals surface area contributed by atoms with E-state index in [1.165, 1.54) is 0 Å². The molecule has 0 spiro atoms. The van der Waals surface area contributed by atoms with Crippen molar-refractivity contribution in [1.29, 1.82) is 0 Å². The van der Waals surface area contributed by atoms with Crippen molar-refractivity contribution in [2.24, 2.45) is 5.92 Å². The van der Waals surface area contributed by atoms with Crippen LogP contribution >= 0.6 is 0 Å². The molecule has 0 aromatic carbocycles. The molecular weight excluding hydrogens is 192 g/mol. The maximum atomic E-state index is 11.5. The summed E-state index contributed by atoms with van der Waals surface area (Å²) in [6.07, 6.45) is 2.11. The minimum absolute atomic E-state index is 0.0860. The van der Waals surface area contributed by atoms with Gasteiger partial charge >= 0.3 is 0 Å². The summed E-state index contributed by atoms with van der Waals surface area (Å²) < 4.78 is 5.29. The van der Waals surface area contributed by atoms with Gasteiger partial charge in [0.15, 0.2) is 0 Å². The first-order valence-electron chi connectivity index (χ1n) is 5.82. The van der Waals surface area contributed by atoms with Crippen LogP contribution in [-0.2, 0) is 9.53 Å². The van der Waals surface area contributed by atoms with Crippen LogP contribution in [0.1, 0.15) is 26.7 Å². The van der Waals surface area contributed by atoms with Gasteiger partial charge in [0.05, 0.1) is 13.2 Å². The van der Waals surface area contributed by atoms with E-state index in [2.05, 4.69) is 24.5 Å². The fourth-order valence-corrected chi connectivity index (χ4v) is 1.75. The number of hydrogen-bond donors (Lipinski definition) is 2. The van der Waals surface area contributed by atoms with Crippen molar-refractivity contribution in [3.8, 4) is 0 Å². The van der Waals surface area contributed by atoms with Gasteiger partial charge in [0.25, 0.3) is 0 Å². The molecule has 1 fully saturated rings. The van der Waals surface area contributed by atoms with Crippen LogP contribution in [0.15, 0.2) is 0 Å². The molecule has 0 radical (unpaired) electrons. The minimum atomic E-state index is 0.0860. The van der Waals surface area contributed by atoms with E-state index in [1.807, 2.05) is 0 Å². The van der Waals surface area contributed by atoms with Gasteiger partial charge in [-0.25, -0.2) is 0 Å². The molecule has 2 atom stereocenters. The molecule has 4 nitrogen and oxygen atoms in total. The Kier molecular flexibility index (Phi) is 5.65. The van der Waals surface area contributed by atoms with Gasteiger partial charge in [-0.15, -0.1) is 0 Å². The summed E-state index contributed by atoms with van der Waals surface area (Å²) in [4.78, 5) is 11.5. The quantitative estimate of drug-likeness (QED) is 0.634. The van der Waals surface area contributed by atoms with Crippen molar-refractivity contribution >= 4 is 5.91 Å². The summed E-state index contributed by atoms with van der Waals surface area (Å²) in [5, 5.41) is 6.09. The van der Waals surface area contributed by atoms with Crippen molar-refractivity contribution in [1.82, 2.24) is 10.6 Å². The molecular formula is C11H22N2O2. The SMILES string of the molecule is CCCNCC(=O)NC(C)C1CCOC1. The van der Waals surface area contributed by atoms with E-state index in [0.717, 1.165) is 32.6 Å². The highest BCUT2D eigenvalue weighted by Gasteiger charge is 2.23. The average molecular weight is 214 g/mol. The predicted octanol–water partition coefficient (Wildman–Crippen LogP) is 0.527. The van der Waals surface area contributed by atoms with E-state index in [1.54, 1.807) is 0 Å². The highest BCUT2D eigenvalue weighted by Crippen LogP contribution is 2.15. The molecule has 2 unspecified atom stereocenters. The lowest BCUT2D eigenvalue weighted by Crippen LogP contribution is -2.42. The Labute approximate surface area is 91.8 Å². The first-order valence-corrected chi connectivity index (χ1v) is 5.82. The van der Waals surface area contributed by atoms with Crippen LogP contribution in [0, 0.1) is 5.92 Å². The van der Waals surface area contributed by atoms with E-state index in [-0.39, 0.29) is 11.9 Å². The first kappa shape index (κ1) is 12.5. The van der Waals surface area contributed by atoms with Gasteiger partial charge in [0, 0.05) is 18.6 Å². The Bertz CT molecular complexity index is 191. The minimum Gasteiger partial charge on any atom is -0.381 e. The standard InChI is InChI=1S/C11H22N2O2/c1-3-5-12-7-11(14)13-9(2)10-4-6-15-8-10/h9-10,12H,3-8H2,1-2H3,(H,13,14). The molecule has 1 saturated heterocycles. The third-order valence-corrected chi connectivity index (χ3v) is 2.77. The van der Waals surface area contributed by atoms with Crippen LogP contribution in [0.25, 0.3) is 0 Å². The van der Waals surface area contributed by atoms with Gasteiger partial charge in [-0.3, -0.25) is 4.79 Å². The number of nitrogens with one attached hydrogen (secondary N) is 2. The molecule has 0 aliphatic carbocycles. The molecule has 1 heterocycles. The van der Waals surface area contributed by atoms with Gasteiger partial charge in [0.1, 0.15) is 0 Å². The second-order valence-electron chi connectivity index (χ2n) is 4.16. The molecule has 2 N–H and O–H groups in total. The second kappa shape index (κ2) is 6.80. The highest BCUT2D eigenvalue weighted by molar-refractivity contribution is 5.78. The summed E-state index contributed by atoms with van der Waals surface area (Å²) in [7, 11) is 0. The molecule has 1 aliphatic rings. The van der Waals surface area contributed by atoms with Crippen LogP contribution in [0.4, 0.5) is 0 Å². The zero-order valence-corrected chi connectivity index (χ0v) is 9.71. The van der Waals surface area contributed by atoms with E-state index in [0.29, 0.717) is 12.5 Å². The number of amides is 1. The fourth-order valence-electron chi connectivity index (χ4n) is 1.75. The van der Waals surface area contributed by atoms with Gasteiger partial charge in [-0.2, -0.15) is 0 Å². The van der Waals surface area contributed by atoms with E-state index < -0.39 is 0 Å². The van der Waals surface area contributed by atoms with Gasteiger partial charge < -0.3 is 15.4 Å². The second-order valence-corrected chi connectivity index (χ2v) is 4.16. The molecule has 15 heavy (non-hydrogen) atoms. The molecule has 1 aliphatic heterocycles. The van der Waals surface area contributed by atoms with Crippen molar-refractivity contribution in [3.05, 3.63) is 0 Å². The lowest BCUT2D eigenvalue weighted by molar-refractivity contribution is -0.121.